The zero-order valence-electron chi connectivity index (χ0n) is 24.0. The van der Waals surface area contributed by atoms with Gasteiger partial charge in [-0.25, -0.2) is 0 Å². The molecule has 0 radical (unpaired) electrons. The Bertz CT molecular complexity index is 1220. The van der Waals surface area contributed by atoms with Crippen molar-refractivity contribution in [3.05, 3.63) is 107 Å². The molecule has 0 aromatic heterocycles. The van der Waals surface area contributed by atoms with E-state index in [2.05, 4.69) is 24.3 Å². The average molecular weight is 558 g/mol. The summed E-state index contributed by atoms with van der Waals surface area (Å²) in [5.41, 5.74) is 3.29. The van der Waals surface area contributed by atoms with E-state index in [0.717, 1.165) is 44.8 Å². The summed E-state index contributed by atoms with van der Waals surface area (Å²) in [4.78, 5) is 25.7. The van der Waals surface area contributed by atoms with Crippen molar-refractivity contribution >= 4 is 12.2 Å². The summed E-state index contributed by atoms with van der Waals surface area (Å²) in [6.07, 6.45) is 4.32. The molecule has 4 rings (SSSR count). The van der Waals surface area contributed by atoms with Gasteiger partial charge in [0.2, 0.25) is 0 Å². The monoisotopic (exact) mass is 557 g/mol. The molecule has 0 spiro atoms. The van der Waals surface area contributed by atoms with Gasteiger partial charge in [0.05, 0.1) is 17.8 Å². The maximum Gasteiger partial charge on any atom is 0.254 e. The summed E-state index contributed by atoms with van der Waals surface area (Å²) >= 11 is 0. The van der Waals surface area contributed by atoms with Gasteiger partial charge in [-0.1, -0.05) is 91.7 Å². The number of rotatable bonds is 14. The van der Waals surface area contributed by atoms with Crippen molar-refractivity contribution in [2.24, 2.45) is 11.8 Å². The van der Waals surface area contributed by atoms with Crippen LogP contribution in [-0.4, -0.2) is 65.8 Å². The fraction of sp³-hybridized carbons (Fsp3) is 0.429. The fourth-order valence-electron chi connectivity index (χ4n) is 6.03. The molecule has 0 saturated heterocycles. The quantitative estimate of drug-likeness (QED) is 0.206. The Labute approximate surface area is 244 Å². The highest BCUT2D eigenvalue weighted by Gasteiger charge is 2.44. The maximum absolute atomic E-state index is 12.7. The lowest BCUT2D eigenvalue weighted by atomic mass is 9.69. The van der Waals surface area contributed by atoms with Crippen molar-refractivity contribution in [1.29, 1.82) is 0 Å². The van der Waals surface area contributed by atoms with Crippen molar-refractivity contribution in [2.45, 2.75) is 63.3 Å². The van der Waals surface area contributed by atoms with Crippen molar-refractivity contribution in [1.82, 2.24) is 4.90 Å². The van der Waals surface area contributed by atoms with Gasteiger partial charge in [-0.3, -0.25) is 9.59 Å². The molecule has 6 heteroatoms. The molecule has 1 saturated carbocycles. The van der Waals surface area contributed by atoms with E-state index >= 15 is 0 Å². The number of nitrogens with zero attached hydrogens (tertiary/aromatic N) is 1. The van der Waals surface area contributed by atoms with Gasteiger partial charge >= 0.3 is 0 Å². The van der Waals surface area contributed by atoms with Gasteiger partial charge in [-0.2, -0.15) is 0 Å². The normalized spacial score (nSPS) is 22.3. The highest BCUT2D eigenvalue weighted by Crippen LogP contribution is 2.37. The van der Waals surface area contributed by atoms with Gasteiger partial charge < -0.3 is 19.8 Å². The summed E-state index contributed by atoms with van der Waals surface area (Å²) in [6, 6.07) is 27.5. The molecular formula is C35H43NO5. The first-order valence-electron chi connectivity index (χ1n) is 14.8. The van der Waals surface area contributed by atoms with Crippen molar-refractivity contribution in [3.8, 4) is 0 Å². The minimum atomic E-state index is -0.912. The van der Waals surface area contributed by atoms with Gasteiger partial charge in [0.15, 0.2) is 6.29 Å². The third kappa shape index (κ3) is 8.59. The summed E-state index contributed by atoms with van der Waals surface area (Å²) in [5.74, 6) is 0.138. The molecule has 1 aliphatic carbocycles. The molecule has 6 nitrogen and oxygen atoms in total. The summed E-state index contributed by atoms with van der Waals surface area (Å²) in [7, 11) is 1.77. The van der Waals surface area contributed by atoms with Crippen LogP contribution in [0.15, 0.2) is 84.9 Å². The zero-order chi connectivity index (χ0) is 29.0. The zero-order valence-corrected chi connectivity index (χ0v) is 24.0. The topological polar surface area (TPSA) is 87.1 Å². The van der Waals surface area contributed by atoms with Crippen molar-refractivity contribution in [2.75, 3.05) is 20.2 Å². The van der Waals surface area contributed by atoms with E-state index in [4.69, 9.17) is 4.74 Å². The first kappa shape index (κ1) is 30.6. The van der Waals surface area contributed by atoms with Crippen LogP contribution in [0.4, 0.5) is 0 Å². The van der Waals surface area contributed by atoms with Crippen LogP contribution in [0.1, 0.15) is 63.9 Å². The number of amides is 1. The second-order valence-corrected chi connectivity index (χ2v) is 11.3. The SMILES string of the molecule is CN(CCCCCCO[C@H]1[C@@H](O)[C@@H](O)C[C@@H](Cc2ccccc2)[C@@H]1Cc1ccccc1)C(=O)c1ccccc1C=O. The van der Waals surface area contributed by atoms with E-state index in [-0.39, 0.29) is 17.7 Å². The molecule has 1 aliphatic rings. The first-order chi connectivity index (χ1) is 20.0. The van der Waals surface area contributed by atoms with Crippen LogP contribution in [0.25, 0.3) is 0 Å². The van der Waals surface area contributed by atoms with Crippen molar-refractivity contribution < 1.29 is 24.5 Å². The number of hydrogen-bond acceptors (Lipinski definition) is 5. The summed E-state index contributed by atoms with van der Waals surface area (Å²) in [5, 5.41) is 21.8. The molecule has 2 N–H and O–H groups in total. The minimum Gasteiger partial charge on any atom is -0.390 e. The van der Waals surface area contributed by atoms with Crippen LogP contribution in [0.3, 0.4) is 0 Å². The molecule has 0 bridgehead atoms. The van der Waals surface area contributed by atoms with E-state index in [1.165, 1.54) is 11.1 Å². The highest BCUT2D eigenvalue weighted by atomic mass is 16.5. The lowest BCUT2D eigenvalue weighted by molar-refractivity contribution is -0.155. The molecule has 3 aromatic carbocycles. The average Bonchev–Trinajstić information content (AvgIpc) is 3.00. The van der Waals surface area contributed by atoms with Gasteiger partial charge in [0.1, 0.15) is 6.10 Å². The van der Waals surface area contributed by atoms with E-state index < -0.39 is 18.3 Å². The molecule has 5 atom stereocenters. The smallest absolute Gasteiger partial charge is 0.254 e. The molecule has 218 valence electrons. The van der Waals surface area contributed by atoms with Gasteiger partial charge in [0.25, 0.3) is 5.91 Å². The van der Waals surface area contributed by atoms with Gasteiger partial charge in [-0.05, 0) is 61.1 Å². The molecule has 1 fully saturated rings. The second kappa shape index (κ2) is 15.6. The number of aliphatic hydroxyl groups is 2. The summed E-state index contributed by atoms with van der Waals surface area (Å²) < 4.78 is 6.36. The Kier molecular flexibility index (Phi) is 11.7. The molecule has 0 heterocycles. The largest absolute Gasteiger partial charge is 0.390 e. The lowest BCUT2D eigenvalue weighted by Crippen LogP contribution is -2.53. The molecule has 0 aliphatic heterocycles. The Hall–Kier alpha value is -3.32. The number of benzene rings is 3. The molecule has 1 amide bonds. The maximum atomic E-state index is 12.7. The second-order valence-electron chi connectivity index (χ2n) is 11.3. The summed E-state index contributed by atoms with van der Waals surface area (Å²) in [6.45, 7) is 1.13. The fourth-order valence-corrected chi connectivity index (χ4v) is 6.03. The number of unbranched alkanes of at least 4 members (excludes halogenated alkanes) is 3. The third-order valence-corrected chi connectivity index (χ3v) is 8.32. The van der Waals surface area contributed by atoms with Crippen LogP contribution >= 0.6 is 0 Å². The van der Waals surface area contributed by atoms with E-state index in [1.807, 2.05) is 36.4 Å². The standard InChI is InChI=1S/C35H43NO5/c1-36(35(40)30-19-11-10-18-28(30)25-37)20-12-2-3-13-21-41-34-31(23-27-16-8-5-9-17-27)29(24-32(38)33(34)39)22-26-14-6-4-7-15-26/h4-11,14-19,25,29,31-34,38-39H,2-3,12-13,20-24H2,1H3/t29-,31+,32+,33+,34-/m1/s1. The number of aldehydes is 1. The van der Waals surface area contributed by atoms with Crippen LogP contribution in [-0.2, 0) is 17.6 Å². The van der Waals surface area contributed by atoms with E-state index in [9.17, 15) is 19.8 Å². The Balaban J connectivity index is 1.28. The lowest BCUT2D eigenvalue weighted by Gasteiger charge is -2.44. The third-order valence-electron chi connectivity index (χ3n) is 8.32. The van der Waals surface area contributed by atoms with E-state index in [0.29, 0.717) is 30.7 Å². The number of aliphatic hydroxyl groups excluding tert-OH is 2. The van der Waals surface area contributed by atoms with Gasteiger partial charge in [-0.15, -0.1) is 0 Å². The van der Waals surface area contributed by atoms with Crippen LogP contribution in [0.2, 0.25) is 0 Å². The number of hydrogen-bond donors (Lipinski definition) is 2. The highest BCUT2D eigenvalue weighted by molar-refractivity contribution is 6.01. The molecule has 0 unspecified atom stereocenters. The number of carbonyl (C=O) groups is 2. The van der Waals surface area contributed by atoms with E-state index in [1.54, 1.807) is 36.2 Å². The number of ether oxygens (including phenoxy) is 1. The molecular weight excluding hydrogens is 514 g/mol. The van der Waals surface area contributed by atoms with Crippen LogP contribution < -0.4 is 0 Å². The minimum absolute atomic E-state index is 0.0879. The Morgan fingerprint density at radius 3 is 2.15 bits per heavy atom. The first-order valence-corrected chi connectivity index (χ1v) is 14.8. The predicted molar refractivity (Wildman–Crippen MR) is 161 cm³/mol. The Morgan fingerprint density at radius 1 is 0.854 bits per heavy atom. The molecule has 41 heavy (non-hydrogen) atoms. The Morgan fingerprint density at radius 2 is 1.46 bits per heavy atom. The number of carbonyl (C=O) groups excluding carboxylic acids is 2. The van der Waals surface area contributed by atoms with Crippen molar-refractivity contribution in [3.63, 3.8) is 0 Å². The molecule has 3 aromatic rings. The van der Waals surface area contributed by atoms with Crippen LogP contribution in [0.5, 0.6) is 0 Å². The van der Waals surface area contributed by atoms with Crippen LogP contribution in [0, 0.1) is 11.8 Å². The predicted octanol–water partition coefficient (Wildman–Crippen LogP) is 5.36. The van der Waals surface area contributed by atoms with Gasteiger partial charge in [0, 0.05) is 25.8 Å².